The minimum atomic E-state index is 0.229. The van der Waals surface area contributed by atoms with Crippen molar-refractivity contribution in [3.05, 3.63) is 74.4 Å². The van der Waals surface area contributed by atoms with Gasteiger partial charge < -0.3 is 10.5 Å². The number of methoxy groups -OCH3 is 1. The summed E-state index contributed by atoms with van der Waals surface area (Å²) in [5, 5.41) is 1.09. The molecule has 6 nitrogen and oxygen atoms in total. The topological polar surface area (TPSA) is 79.9 Å². The highest BCUT2D eigenvalue weighted by molar-refractivity contribution is 7.96. The van der Waals surface area contributed by atoms with Gasteiger partial charge in [-0.3, -0.25) is 19.4 Å². The molecule has 0 spiro atoms. The van der Waals surface area contributed by atoms with Crippen molar-refractivity contribution in [1.82, 2.24) is 9.62 Å². The Morgan fingerprint density at radius 1 is 1.35 bits per heavy atom. The summed E-state index contributed by atoms with van der Waals surface area (Å²) in [6, 6.07) is 11.4. The number of carbonyl (C=O) groups is 1. The fourth-order valence-corrected chi connectivity index (χ4v) is 4.45. The Balaban J connectivity index is 0.000000310. The molecule has 2 aromatic rings. The molecule has 3 N–H and O–H groups in total. The number of benzene rings is 2. The van der Waals surface area contributed by atoms with Gasteiger partial charge in [0, 0.05) is 48.0 Å². The summed E-state index contributed by atoms with van der Waals surface area (Å²) in [7, 11) is 5.43. The van der Waals surface area contributed by atoms with Gasteiger partial charge in [-0.1, -0.05) is 41.2 Å². The molecule has 0 bridgehead atoms. The molecular weight excluding hydrogens is 491 g/mol. The monoisotopic (exact) mass is 522 g/mol. The maximum Gasteiger partial charge on any atom is 0.151 e. The van der Waals surface area contributed by atoms with Crippen LogP contribution in [-0.2, 0) is 6.54 Å². The summed E-state index contributed by atoms with van der Waals surface area (Å²) in [5.41, 5.74) is 12.0. The molecule has 1 heterocycles. The van der Waals surface area contributed by atoms with Crippen LogP contribution in [0, 0.1) is 0 Å². The van der Waals surface area contributed by atoms with Crippen LogP contribution >= 0.6 is 35.1 Å². The number of ether oxygens (including phenoxy) is 1. The van der Waals surface area contributed by atoms with E-state index in [1.165, 1.54) is 7.11 Å². The highest BCUT2D eigenvalue weighted by atomic mass is 35.5. The summed E-state index contributed by atoms with van der Waals surface area (Å²) in [4.78, 5) is 17.1. The largest absolute Gasteiger partial charge is 0.495 e. The van der Waals surface area contributed by atoms with E-state index in [4.69, 9.17) is 33.7 Å². The lowest BCUT2D eigenvalue weighted by Gasteiger charge is -2.33. The van der Waals surface area contributed by atoms with Gasteiger partial charge in [-0.2, -0.15) is 0 Å². The number of aldehydes is 1. The molecule has 0 amide bonds. The molecule has 1 aliphatic heterocycles. The Bertz CT molecular complexity index is 1060. The first kappa shape index (κ1) is 28.2. The van der Waals surface area contributed by atoms with Crippen LogP contribution in [0.25, 0.3) is 0 Å². The van der Waals surface area contributed by atoms with Gasteiger partial charge >= 0.3 is 0 Å². The molecule has 0 saturated heterocycles. The zero-order chi connectivity index (χ0) is 25.3. The van der Waals surface area contributed by atoms with Crippen LogP contribution in [0.2, 0.25) is 10.0 Å². The second-order valence-corrected chi connectivity index (χ2v) is 9.28. The fourth-order valence-electron chi connectivity index (χ4n) is 3.63. The van der Waals surface area contributed by atoms with Gasteiger partial charge in [0.05, 0.1) is 17.8 Å². The summed E-state index contributed by atoms with van der Waals surface area (Å²) >= 11 is 13.7. The van der Waals surface area contributed by atoms with E-state index < -0.39 is 0 Å². The minimum Gasteiger partial charge on any atom is -0.495 e. The lowest BCUT2D eigenvalue weighted by atomic mass is 9.91. The van der Waals surface area contributed by atoms with E-state index in [-0.39, 0.29) is 6.04 Å². The first-order valence-electron chi connectivity index (χ1n) is 10.8. The number of nitrogens with one attached hydrogen (secondary N) is 1. The smallest absolute Gasteiger partial charge is 0.151 e. The Labute approximate surface area is 216 Å². The lowest BCUT2D eigenvalue weighted by Crippen LogP contribution is -2.40. The summed E-state index contributed by atoms with van der Waals surface area (Å²) in [6.07, 6.45) is 3.62. The van der Waals surface area contributed by atoms with Crippen molar-refractivity contribution < 1.29 is 9.53 Å². The summed E-state index contributed by atoms with van der Waals surface area (Å²) < 4.78 is 8.15. The summed E-state index contributed by atoms with van der Waals surface area (Å²) in [5.74, 6) is 0.524. The molecule has 0 aromatic heterocycles. The van der Waals surface area contributed by atoms with Crippen molar-refractivity contribution in [1.29, 1.82) is 0 Å². The van der Waals surface area contributed by atoms with Gasteiger partial charge in [0.25, 0.3) is 0 Å². The number of rotatable bonds is 7. The van der Waals surface area contributed by atoms with E-state index in [1.54, 1.807) is 30.1 Å². The van der Waals surface area contributed by atoms with Crippen LogP contribution in [-0.4, -0.2) is 56.9 Å². The number of carbonyl (C=O) groups excluding carboxylic acids is 1. The van der Waals surface area contributed by atoms with Crippen LogP contribution in [0.15, 0.2) is 52.7 Å². The molecule has 0 aliphatic carbocycles. The number of nitrogens with two attached hydrogens (primary N) is 1. The number of aliphatic imine (C=N–C) groups is 1. The first-order chi connectivity index (χ1) is 16.3. The zero-order valence-electron chi connectivity index (χ0n) is 20.2. The molecular formula is C25H32Cl2N4O2S. The molecule has 0 fully saturated rings. The lowest BCUT2D eigenvalue weighted by molar-refractivity contribution is 0.112. The Morgan fingerprint density at radius 3 is 2.71 bits per heavy atom. The molecule has 3 rings (SSSR count). The number of hydrogen-bond donors (Lipinski definition) is 2. The third kappa shape index (κ3) is 7.23. The van der Waals surface area contributed by atoms with Gasteiger partial charge in [-0.05, 0) is 68.1 Å². The SMILES string of the molecule is CN=C(C1=C(N)C(C)N(C)CC1)c1cc(Cl)cc(CNSC)c1.COc1cccc(C=O)c1Cl. The molecule has 1 aliphatic rings. The van der Waals surface area contributed by atoms with E-state index in [2.05, 4.69) is 34.7 Å². The molecule has 9 heteroatoms. The van der Waals surface area contributed by atoms with Crippen LogP contribution in [0.5, 0.6) is 5.75 Å². The van der Waals surface area contributed by atoms with E-state index in [0.717, 1.165) is 52.6 Å². The van der Waals surface area contributed by atoms with Crippen molar-refractivity contribution in [2.45, 2.75) is 25.9 Å². The molecule has 0 radical (unpaired) electrons. The summed E-state index contributed by atoms with van der Waals surface area (Å²) in [6.45, 7) is 3.88. The van der Waals surface area contributed by atoms with Crippen molar-refractivity contribution in [2.24, 2.45) is 10.7 Å². The van der Waals surface area contributed by atoms with E-state index in [9.17, 15) is 4.79 Å². The van der Waals surface area contributed by atoms with Crippen LogP contribution in [0.3, 0.4) is 0 Å². The highest BCUT2D eigenvalue weighted by Gasteiger charge is 2.25. The Hall–Kier alpha value is -2.03. The molecule has 1 atom stereocenters. The number of halogens is 2. The number of nitrogens with zero attached hydrogens (tertiary/aromatic N) is 2. The Morgan fingerprint density at radius 2 is 2.09 bits per heavy atom. The average Bonchev–Trinajstić information content (AvgIpc) is 2.83. The van der Waals surface area contributed by atoms with Crippen molar-refractivity contribution in [3.63, 3.8) is 0 Å². The molecule has 184 valence electrons. The number of likely N-dealkylation sites (N-methyl/N-ethyl adjacent to an activating group) is 1. The maximum atomic E-state index is 10.4. The van der Waals surface area contributed by atoms with E-state index >= 15 is 0 Å². The third-order valence-electron chi connectivity index (χ3n) is 5.68. The predicted octanol–water partition coefficient (Wildman–Crippen LogP) is 5.22. The van der Waals surface area contributed by atoms with Gasteiger partial charge in [0.1, 0.15) is 5.75 Å². The molecule has 34 heavy (non-hydrogen) atoms. The maximum absolute atomic E-state index is 10.4. The molecule has 0 saturated carbocycles. The minimum absolute atomic E-state index is 0.229. The predicted molar refractivity (Wildman–Crippen MR) is 146 cm³/mol. The first-order valence-corrected chi connectivity index (χ1v) is 12.7. The zero-order valence-corrected chi connectivity index (χ0v) is 22.5. The quantitative estimate of drug-likeness (QED) is 0.294. The van der Waals surface area contributed by atoms with Gasteiger partial charge in [-0.15, -0.1) is 0 Å². The van der Waals surface area contributed by atoms with Crippen LogP contribution in [0.1, 0.15) is 34.8 Å². The Kier molecular flexibility index (Phi) is 11.4. The van der Waals surface area contributed by atoms with Crippen molar-refractivity contribution in [3.8, 4) is 5.75 Å². The van der Waals surface area contributed by atoms with Crippen LogP contribution in [0.4, 0.5) is 0 Å². The molecule has 1 unspecified atom stereocenters. The van der Waals surface area contributed by atoms with Gasteiger partial charge in [-0.25, -0.2) is 0 Å². The van der Waals surface area contributed by atoms with Gasteiger partial charge in [0.2, 0.25) is 0 Å². The van der Waals surface area contributed by atoms with Gasteiger partial charge in [0.15, 0.2) is 6.29 Å². The second-order valence-electron chi connectivity index (χ2n) is 7.77. The average molecular weight is 524 g/mol. The van der Waals surface area contributed by atoms with Crippen molar-refractivity contribution in [2.75, 3.05) is 34.0 Å². The number of hydrogen-bond acceptors (Lipinski definition) is 7. The second kappa shape index (κ2) is 13.8. The van der Waals surface area contributed by atoms with E-state index in [1.807, 2.05) is 25.4 Å². The highest BCUT2D eigenvalue weighted by Crippen LogP contribution is 2.27. The molecule has 2 aromatic carbocycles. The fraction of sp³-hybridized carbons (Fsp3) is 0.360. The normalized spacial score (nSPS) is 16.7. The van der Waals surface area contributed by atoms with Crippen molar-refractivity contribution >= 4 is 47.1 Å². The van der Waals surface area contributed by atoms with Crippen LogP contribution < -0.4 is 15.2 Å². The standard InChI is InChI=1S/C17H25ClN4S.C8H7ClO2/c1-11-16(19)15(5-6-22(11)3)17(20-2)13-7-12(10-21-23-4)8-14(18)9-13;1-11-7-4-2-3-6(5-10)8(7)9/h7-9,11,21H,5-6,10,19H2,1-4H3;2-5H,1H3. The third-order valence-corrected chi connectivity index (χ3v) is 6.73. The van der Waals surface area contributed by atoms with E-state index in [0.29, 0.717) is 22.6 Å².